The molecule has 0 aromatic heterocycles. The molecule has 43 heavy (non-hydrogen) atoms. The Labute approximate surface area is 248 Å². The van der Waals surface area contributed by atoms with Crippen molar-refractivity contribution in [1.82, 2.24) is 10.2 Å². The van der Waals surface area contributed by atoms with Crippen LogP contribution in [0.1, 0.15) is 44.9 Å². The number of sulfone groups is 1. The number of alkyl halides is 6. The van der Waals surface area contributed by atoms with Gasteiger partial charge in [0.25, 0.3) is 0 Å². The average molecular weight is 657 g/mol. The summed E-state index contributed by atoms with van der Waals surface area (Å²) >= 11 is 6.33. The molecule has 2 saturated carbocycles. The molecule has 17 heteroatoms. The average Bonchev–Trinajstić information content (AvgIpc) is 3.84. The molecular formula is C26H27ClF6N4O5S. The fourth-order valence-corrected chi connectivity index (χ4v) is 7.85. The van der Waals surface area contributed by atoms with Gasteiger partial charge in [-0.2, -0.15) is 31.6 Å². The second-order valence-corrected chi connectivity index (χ2v) is 14.1. The number of halogens is 7. The van der Waals surface area contributed by atoms with E-state index in [1.165, 1.54) is 12.1 Å². The fraction of sp³-hybridized carbons (Fsp3) is 0.654. The first-order chi connectivity index (χ1) is 19.9. The van der Waals surface area contributed by atoms with Crippen molar-refractivity contribution in [2.45, 2.75) is 79.2 Å². The van der Waals surface area contributed by atoms with Crippen LogP contribution in [0.2, 0.25) is 5.02 Å². The number of nitrogens with zero attached hydrogens (tertiary/aromatic N) is 3. The molecular weight excluding hydrogens is 630 g/mol. The summed E-state index contributed by atoms with van der Waals surface area (Å²) in [5.74, 6) is -2.84. The quantitative estimate of drug-likeness (QED) is 0.431. The van der Waals surface area contributed by atoms with Crippen molar-refractivity contribution in [2.24, 2.45) is 11.3 Å². The maximum absolute atomic E-state index is 13.8. The van der Waals surface area contributed by atoms with Crippen LogP contribution in [0.4, 0.5) is 36.8 Å². The van der Waals surface area contributed by atoms with Crippen molar-refractivity contribution >= 4 is 39.1 Å². The molecule has 2 aliphatic heterocycles. The van der Waals surface area contributed by atoms with Gasteiger partial charge in [-0.05, 0) is 56.7 Å². The van der Waals surface area contributed by atoms with Gasteiger partial charge in [0.05, 0.1) is 27.2 Å². The number of rotatable bonds is 6. The lowest BCUT2D eigenvalue weighted by molar-refractivity contribution is -0.201. The lowest BCUT2D eigenvalue weighted by Crippen LogP contribution is -2.49. The Kier molecular flexibility index (Phi) is 7.77. The number of piperidine rings is 1. The smallest absolute Gasteiger partial charge is 0.410 e. The van der Waals surface area contributed by atoms with Crippen molar-refractivity contribution in [1.29, 1.82) is 5.26 Å². The second kappa shape index (κ2) is 10.6. The van der Waals surface area contributed by atoms with Gasteiger partial charge in [0, 0.05) is 31.7 Å². The Morgan fingerprint density at radius 3 is 2.19 bits per heavy atom. The molecule has 5 rings (SSSR count). The summed E-state index contributed by atoms with van der Waals surface area (Å²) in [5, 5.41) is 9.77. The predicted octanol–water partition coefficient (Wildman–Crippen LogP) is 4.94. The number of nitriles is 1. The molecule has 9 nitrogen and oxygen atoms in total. The largest absolute Gasteiger partial charge is 0.425 e. The minimum absolute atomic E-state index is 0.0709. The highest BCUT2D eigenvalue weighted by atomic mass is 35.5. The van der Waals surface area contributed by atoms with Crippen molar-refractivity contribution in [3.63, 3.8) is 0 Å². The van der Waals surface area contributed by atoms with Gasteiger partial charge < -0.3 is 19.9 Å². The number of anilines is 1. The Morgan fingerprint density at radius 1 is 1.07 bits per heavy atom. The summed E-state index contributed by atoms with van der Waals surface area (Å²) in [6.45, 7) is -0.563. The Hall–Kier alpha value is -2.93. The summed E-state index contributed by atoms with van der Waals surface area (Å²) in [6, 6.07) is 5.73. The third-order valence-electron chi connectivity index (χ3n) is 8.71. The highest BCUT2D eigenvalue weighted by molar-refractivity contribution is 7.92. The fourth-order valence-electron chi connectivity index (χ4n) is 5.63. The minimum Gasteiger partial charge on any atom is -0.425 e. The zero-order chi connectivity index (χ0) is 31.6. The van der Waals surface area contributed by atoms with Gasteiger partial charge in [-0.1, -0.05) is 11.6 Å². The first kappa shape index (κ1) is 31.5. The number of amides is 2. The molecule has 1 aromatic carbocycles. The number of ether oxygens (including phenoxy) is 1. The molecule has 0 spiro atoms. The molecule has 236 valence electrons. The monoisotopic (exact) mass is 656 g/mol. The van der Waals surface area contributed by atoms with Gasteiger partial charge in [0.1, 0.15) is 11.0 Å². The molecule has 2 saturated heterocycles. The van der Waals surface area contributed by atoms with E-state index in [0.29, 0.717) is 23.4 Å². The van der Waals surface area contributed by atoms with E-state index >= 15 is 0 Å². The number of hydrogen-bond donors (Lipinski definition) is 1. The number of likely N-dealkylation sites (tertiary alicyclic amines) is 1. The molecule has 1 N–H and O–H groups in total. The summed E-state index contributed by atoms with van der Waals surface area (Å²) in [6.07, 6.45) is -13.2. The van der Waals surface area contributed by atoms with Crippen LogP contribution < -0.4 is 10.2 Å². The van der Waals surface area contributed by atoms with Crippen molar-refractivity contribution in [3.05, 3.63) is 23.2 Å². The highest BCUT2D eigenvalue weighted by Gasteiger charge is 2.70. The number of alkyl carbamates (subject to hydrolysis) is 1. The number of nitrogens with one attached hydrogen (secondary N) is 1. The summed E-state index contributed by atoms with van der Waals surface area (Å²) in [7, 11) is -4.41. The van der Waals surface area contributed by atoms with Gasteiger partial charge in [-0.15, -0.1) is 0 Å². The first-order valence-corrected chi connectivity index (χ1v) is 15.5. The Bertz CT molecular complexity index is 1450. The van der Waals surface area contributed by atoms with Crippen LogP contribution in [0.3, 0.4) is 0 Å². The molecule has 0 bridgehead atoms. The molecule has 0 unspecified atom stereocenters. The van der Waals surface area contributed by atoms with Crippen molar-refractivity contribution in [3.8, 4) is 6.07 Å². The number of carbonyl (C=O) groups is 2. The van der Waals surface area contributed by atoms with Crippen LogP contribution in [0, 0.1) is 22.7 Å². The molecule has 2 amide bonds. The summed E-state index contributed by atoms with van der Waals surface area (Å²) < 4.78 is 113. The molecule has 0 radical (unpaired) electrons. The first-order valence-electron chi connectivity index (χ1n) is 13.6. The van der Waals surface area contributed by atoms with Crippen LogP contribution >= 0.6 is 11.6 Å². The lowest BCUT2D eigenvalue weighted by Gasteiger charge is -2.34. The van der Waals surface area contributed by atoms with Gasteiger partial charge in [0.2, 0.25) is 5.91 Å². The van der Waals surface area contributed by atoms with E-state index in [9.17, 15) is 49.6 Å². The molecule has 2 atom stereocenters. The Morgan fingerprint density at radius 2 is 1.70 bits per heavy atom. The van der Waals surface area contributed by atoms with E-state index < -0.39 is 88.3 Å². The number of benzene rings is 1. The van der Waals surface area contributed by atoms with Crippen LogP contribution in [-0.2, 0) is 19.4 Å². The lowest BCUT2D eigenvalue weighted by atomic mass is 9.96. The van der Waals surface area contributed by atoms with Gasteiger partial charge in [-0.3, -0.25) is 4.79 Å². The zero-order valence-electron chi connectivity index (χ0n) is 22.5. The summed E-state index contributed by atoms with van der Waals surface area (Å²) in [4.78, 5) is 27.5. The summed E-state index contributed by atoms with van der Waals surface area (Å²) in [5.41, 5.74) is -3.48. The van der Waals surface area contributed by atoms with E-state index in [0.717, 1.165) is 6.07 Å². The molecule has 2 aliphatic carbocycles. The maximum Gasteiger partial charge on any atom is 0.410 e. The topological polar surface area (TPSA) is 120 Å². The number of carbonyl (C=O) groups excluding carboxylic acids is 2. The zero-order valence-corrected chi connectivity index (χ0v) is 24.0. The normalized spacial score (nSPS) is 25.2. The molecule has 2 heterocycles. The third-order valence-corrected chi connectivity index (χ3v) is 11.3. The van der Waals surface area contributed by atoms with Gasteiger partial charge in [0.15, 0.2) is 16.1 Å². The van der Waals surface area contributed by atoms with E-state index in [4.69, 9.17) is 16.3 Å². The van der Waals surface area contributed by atoms with Crippen molar-refractivity contribution in [2.75, 3.05) is 24.5 Å². The van der Waals surface area contributed by atoms with E-state index in [2.05, 4.69) is 5.32 Å². The van der Waals surface area contributed by atoms with Crippen LogP contribution in [0.15, 0.2) is 23.1 Å². The SMILES string of the molecule is N#CC1(NC(=O)O[C@H]2C[C@@H](S(=O)(=O)c3ccc(N4CCC(C(F)(F)F)CC4)cc3Cl)CN2C(=O)C2(C(F)(F)F)CC2)CC1. The van der Waals surface area contributed by atoms with E-state index in [1.54, 1.807) is 4.90 Å². The van der Waals surface area contributed by atoms with Crippen LogP contribution in [0.5, 0.6) is 0 Å². The minimum atomic E-state index is -4.90. The molecule has 1 aromatic rings. The third kappa shape index (κ3) is 5.94. The second-order valence-electron chi connectivity index (χ2n) is 11.5. The van der Waals surface area contributed by atoms with Crippen molar-refractivity contribution < 1.29 is 49.1 Å². The standard InChI is InChI=1S/C26H27ClF6N4O5S/c27-18-11-16(36-9-3-15(4-10-36)25(28,29)30)1-2-19(18)43(40,41)17-12-20(42-22(39)35-23(14-34)5-6-23)37(13-17)21(38)24(7-8-24)26(31,32)33/h1-2,11,15,17,20H,3-10,12-13H2,(H,35,39)/t17-,20+/m1/s1. The van der Waals surface area contributed by atoms with E-state index in [1.807, 2.05) is 6.07 Å². The highest BCUT2D eigenvalue weighted by Crippen LogP contribution is 2.59. The van der Waals surface area contributed by atoms with Gasteiger partial charge in [-0.25, -0.2) is 13.2 Å². The molecule has 4 aliphatic rings. The molecule has 4 fully saturated rings. The number of hydrogen-bond acceptors (Lipinski definition) is 7. The van der Waals surface area contributed by atoms with Gasteiger partial charge >= 0.3 is 18.4 Å². The van der Waals surface area contributed by atoms with Crippen LogP contribution in [0.25, 0.3) is 0 Å². The van der Waals surface area contributed by atoms with Crippen LogP contribution in [-0.4, -0.2) is 74.3 Å². The maximum atomic E-state index is 13.8. The van der Waals surface area contributed by atoms with E-state index in [-0.39, 0.29) is 35.8 Å². The Balaban J connectivity index is 1.35. The predicted molar refractivity (Wildman–Crippen MR) is 138 cm³/mol.